The van der Waals surface area contributed by atoms with Crippen molar-refractivity contribution < 1.29 is 27.8 Å². The molecule has 0 saturated heterocycles. The lowest BCUT2D eigenvalue weighted by atomic mass is 10.2. The van der Waals surface area contributed by atoms with E-state index in [9.17, 15) is 18.0 Å². The molecule has 1 aromatic rings. The van der Waals surface area contributed by atoms with E-state index in [0.29, 0.717) is 4.68 Å². The molecule has 0 aliphatic carbocycles. The molecule has 0 radical (unpaired) electrons. The second-order valence-electron chi connectivity index (χ2n) is 2.56. The van der Waals surface area contributed by atoms with Crippen LogP contribution >= 0.6 is 0 Å². The Bertz CT molecular complexity index is 372. The number of carbonyl (C=O) groups is 1. The predicted molar refractivity (Wildman–Crippen MR) is 40.8 cm³/mol. The standard InChI is InChI=1S/C7H7F3N2O3/c1-15-6(14)4-2-12(3-13)11-5(4)7(8,9)10/h2,13H,3H2,1H3. The molecule has 0 amide bonds. The molecule has 1 aromatic heterocycles. The summed E-state index contributed by atoms with van der Waals surface area (Å²) in [6.45, 7) is -0.750. The highest BCUT2D eigenvalue weighted by molar-refractivity contribution is 5.90. The number of ether oxygens (including phenoxy) is 1. The van der Waals surface area contributed by atoms with Gasteiger partial charge in [0.25, 0.3) is 0 Å². The van der Waals surface area contributed by atoms with Gasteiger partial charge in [-0.2, -0.15) is 18.3 Å². The highest BCUT2D eigenvalue weighted by Crippen LogP contribution is 2.30. The number of carbonyl (C=O) groups excluding carboxylic acids is 1. The van der Waals surface area contributed by atoms with E-state index in [2.05, 4.69) is 9.84 Å². The van der Waals surface area contributed by atoms with Crippen LogP contribution in [-0.4, -0.2) is 28.0 Å². The molecule has 0 spiro atoms. The first-order valence-electron chi connectivity index (χ1n) is 3.74. The van der Waals surface area contributed by atoms with E-state index in [1.54, 1.807) is 0 Å². The van der Waals surface area contributed by atoms with Gasteiger partial charge in [-0.1, -0.05) is 0 Å². The maximum absolute atomic E-state index is 12.3. The highest BCUT2D eigenvalue weighted by Gasteiger charge is 2.39. The minimum atomic E-state index is -4.76. The first kappa shape index (κ1) is 11.5. The molecule has 1 heterocycles. The van der Waals surface area contributed by atoms with Crippen molar-refractivity contribution in [1.29, 1.82) is 0 Å². The Labute approximate surface area is 82.1 Å². The van der Waals surface area contributed by atoms with Gasteiger partial charge < -0.3 is 9.84 Å². The number of aliphatic hydroxyl groups is 1. The number of rotatable bonds is 2. The van der Waals surface area contributed by atoms with Crippen LogP contribution in [0.1, 0.15) is 16.1 Å². The molecular weight excluding hydrogens is 217 g/mol. The lowest BCUT2D eigenvalue weighted by Gasteiger charge is -2.03. The van der Waals surface area contributed by atoms with Gasteiger partial charge in [-0.3, -0.25) is 0 Å². The molecule has 0 saturated carbocycles. The van der Waals surface area contributed by atoms with Gasteiger partial charge in [0, 0.05) is 6.20 Å². The summed E-state index contributed by atoms with van der Waals surface area (Å²) in [4.78, 5) is 11.0. The minimum absolute atomic E-state index is 0.592. The molecule has 84 valence electrons. The normalized spacial score (nSPS) is 11.5. The summed E-state index contributed by atoms with van der Waals surface area (Å²) in [7, 11) is 0.957. The summed E-state index contributed by atoms with van der Waals surface area (Å²) in [5, 5.41) is 11.6. The molecule has 5 nitrogen and oxygen atoms in total. The van der Waals surface area contributed by atoms with E-state index < -0.39 is 30.1 Å². The van der Waals surface area contributed by atoms with Crippen LogP contribution in [-0.2, 0) is 17.6 Å². The maximum Gasteiger partial charge on any atom is 0.436 e. The van der Waals surface area contributed by atoms with Crippen molar-refractivity contribution in [2.75, 3.05) is 7.11 Å². The molecule has 0 aliphatic rings. The van der Waals surface area contributed by atoms with Crippen LogP contribution in [0.4, 0.5) is 13.2 Å². The van der Waals surface area contributed by atoms with Gasteiger partial charge in [0.1, 0.15) is 12.3 Å². The Morgan fingerprint density at radius 3 is 2.67 bits per heavy atom. The Kier molecular flexibility index (Phi) is 2.98. The van der Waals surface area contributed by atoms with E-state index in [4.69, 9.17) is 5.11 Å². The quantitative estimate of drug-likeness (QED) is 0.748. The van der Waals surface area contributed by atoms with Crippen LogP contribution in [0.15, 0.2) is 6.20 Å². The molecule has 0 unspecified atom stereocenters. The summed E-state index contributed by atoms with van der Waals surface area (Å²) in [6, 6.07) is 0. The number of nitrogens with zero attached hydrogens (tertiary/aromatic N) is 2. The molecule has 0 fully saturated rings. The summed E-state index contributed by atoms with van der Waals surface area (Å²) in [6.07, 6.45) is -3.99. The van der Waals surface area contributed by atoms with E-state index in [1.165, 1.54) is 0 Å². The van der Waals surface area contributed by atoms with E-state index >= 15 is 0 Å². The van der Waals surface area contributed by atoms with E-state index in [1.807, 2.05) is 0 Å². The third-order valence-corrected chi connectivity index (χ3v) is 1.58. The van der Waals surface area contributed by atoms with Crippen molar-refractivity contribution in [3.63, 3.8) is 0 Å². The van der Waals surface area contributed by atoms with E-state index in [0.717, 1.165) is 13.3 Å². The van der Waals surface area contributed by atoms with Gasteiger partial charge in [-0.15, -0.1) is 0 Å². The second-order valence-corrected chi connectivity index (χ2v) is 2.56. The topological polar surface area (TPSA) is 64.3 Å². The van der Waals surface area contributed by atoms with Gasteiger partial charge in [0.2, 0.25) is 0 Å². The number of aliphatic hydroxyl groups excluding tert-OH is 1. The van der Waals surface area contributed by atoms with Gasteiger partial charge in [0.05, 0.1) is 7.11 Å². The van der Waals surface area contributed by atoms with Crippen LogP contribution < -0.4 is 0 Å². The van der Waals surface area contributed by atoms with Crippen LogP contribution in [0.3, 0.4) is 0 Å². The number of alkyl halides is 3. The Morgan fingerprint density at radius 2 is 2.27 bits per heavy atom. The average Bonchev–Trinajstić information content (AvgIpc) is 2.59. The number of aromatic nitrogens is 2. The Balaban J connectivity index is 3.24. The smallest absolute Gasteiger partial charge is 0.436 e. The first-order valence-corrected chi connectivity index (χ1v) is 3.74. The zero-order valence-corrected chi connectivity index (χ0v) is 7.58. The Morgan fingerprint density at radius 1 is 1.67 bits per heavy atom. The fourth-order valence-electron chi connectivity index (χ4n) is 0.963. The monoisotopic (exact) mass is 224 g/mol. The fraction of sp³-hybridized carbons (Fsp3) is 0.429. The lowest BCUT2D eigenvalue weighted by Crippen LogP contribution is -2.13. The number of esters is 1. The number of halogens is 3. The van der Waals surface area contributed by atoms with Crippen molar-refractivity contribution in [2.24, 2.45) is 0 Å². The van der Waals surface area contributed by atoms with Crippen molar-refractivity contribution in [1.82, 2.24) is 9.78 Å². The van der Waals surface area contributed by atoms with Gasteiger partial charge in [0.15, 0.2) is 5.69 Å². The van der Waals surface area contributed by atoms with Crippen molar-refractivity contribution in [3.8, 4) is 0 Å². The first-order chi connectivity index (χ1) is 6.90. The highest BCUT2D eigenvalue weighted by atomic mass is 19.4. The van der Waals surface area contributed by atoms with Gasteiger partial charge in [-0.05, 0) is 0 Å². The summed E-state index contributed by atoms with van der Waals surface area (Å²) < 4.78 is 41.7. The van der Waals surface area contributed by atoms with Crippen LogP contribution in [0.25, 0.3) is 0 Å². The molecule has 0 aliphatic heterocycles. The molecule has 0 aromatic carbocycles. The molecule has 1 N–H and O–H groups in total. The van der Waals surface area contributed by atoms with Crippen molar-refractivity contribution >= 4 is 5.97 Å². The second kappa shape index (κ2) is 3.89. The zero-order chi connectivity index (χ0) is 11.6. The summed E-state index contributed by atoms with van der Waals surface area (Å²) >= 11 is 0. The van der Waals surface area contributed by atoms with Crippen LogP contribution in [0, 0.1) is 0 Å². The summed E-state index contributed by atoms with van der Waals surface area (Å²) in [5.74, 6) is -1.15. The third-order valence-electron chi connectivity index (χ3n) is 1.58. The lowest BCUT2D eigenvalue weighted by molar-refractivity contribution is -0.142. The minimum Gasteiger partial charge on any atom is -0.465 e. The van der Waals surface area contributed by atoms with Crippen molar-refractivity contribution in [3.05, 3.63) is 17.5 Å². The van der Waals surface area contributed by atoms with Gasteiger partial charge in [-0.25, -0.2) is 9.48 Å². The predicted octanol–water partition coefficient (Wildman–Crippen LogP) is 0.638. The zero-order valence-electron chi connectivity index (χ0n) is 7.58. The number of hydrogen-bond donors (Lipinski definition) is 1. The summed E-state index contributed by atoms with van der Waals surface area (Å²) in [5.41, 5.74) is -2.09. The van der Waals surface area contributed by atoms with Crippen LogP contribution in [0.5, 0.6) is 0 Å². The van der Waals surface area contributed by atoms with Crippen molar-refractivity contribution in [2.45, 2.75) is 12.9 Å². The van der Waals surface area contributed by atoms with Crippen LogP contribution in [0.2, 0.25) is 0 Å². The SMILES string of the molecule is COC(=O)c1cn(CO)nc1C(F)(F)F. The van der Waals surface area contributed by atoms with Gasteiger partial charge >= 0.3 is 12.1 Å². The number of methoxy groups -OCH3 is 1. The largest absolute Gasteiger partial charge is 0.465 e. The fourth-order valence-corrected chi connectivity index (χ4v) is 0.963. The molecule has 8 heteroatoms. The Hall–Kier alpha value is -1.57. The molecule has 0 bridgehead atoms. The van der Waals surface area contributed by atoms with E-state index in [-0.39, 0.29) is 0 Å². The molecular formula is C7H7F3N2O3. The molecule has 15 heavy (non-hydrogen) atoms. The average molecular weight is 224 g/mol. The molecule has 0 atom stereocenters. The number of hydrogen-bond acceptors (Lipinski definition) is 4. The third kappa shape index (κ3) is 2.27. The maximum atomic E-state index is 12.3. The molecule has 1 rings (SSSR count).